The van der Waals surface area contributed by atoms with Crippen molar-refractivity contribution in [1.29, 1.82) is 0 Å². The molecule has 0 radical (unpaired) electrons. The van der Waals surface area contributed by atoms with Crippen molar-refractivity contribution < 1.29 is 8.42 Å². The number of hydrogen-bond donors (Lipinski definition) is 1. The predicted octanol–water partition coefficient (Wildman–Crippen LogP) is 2.17. The van der Waals surface area contributed by atoms with E-state index in [1.807, 2.05) is 19.1 Å². The number of rotatable bonds is 5. The maximum absolute atomic E-state index is 13.2. The highest BCUT2D eigenvalue weighted by Crippen LogP contribution is 2.37. The summed E-state index contributed by atoms with van der Waals surface area (Å²) in [5.74, 6) is 0.742. The van der Waals surface area contributed by atoms with Crippen LogP contribution in [0.15, 0.2) is 29.4 Å². The molecule has 1 N–H and O–H groups in total. The molecule has 2 aromatic heterocycles. The second-order valence-corrected chi connectivity index (χ2v) is 7.77. The van der Waals surface area contributed by atoms with E-state index >= 15 is 0 Å². The zero-order valence-corrected chi connectivity index (χ0v) is 15.0. The van der Waals surface area contributed by atoms with Crippen LogP contribution in [-0.4, -0.2) is 41.1 Å². The molecule has 1 unspecified atom stereocenters. The van der Waals surface area contributed by atoms with Gasteiger partial charge in [0.15, 0.2) is 0 Å². The maximum atomic E-state index is 13.2. The van der Waals surface area contributed by atoms with Crippen LogP contribution in [0.4, 0.5) is 5.82 Å². The number of nitrogens with one attached hydrogen (secondary N) is 1. The molecule has 3 heterocycles. The van der Waals surface area contributed by atoms with Crippen LogP contribution in [0.1, 0.15) is 37.1 Å². The molecular weight excluding hydrogens is 326 g/mol. The molecule has 0 saturated carbocycles. The molecule has 1 aliphatic heterocycles. The monoisotopic (exact) mass is 349 g/mol. The lowest BCUT2D eigenvalue weighted by atomic mass is 10.1. The predicted molar refractivity (Wildman–Crippen MR) is 92.3 cm³/mol. The third kappa shape index (κ3) is 2.80. The zero-order chi connectivity index (χ0) is 17.3. The Kier molecular flexibility index (Phi) is 4.60. The highest BCUT2D eigenvalue weighted by atomic mass is 32.2. The van der Waals surface area contributed by atoms with Crippen molar-refractivity contribution >= 4 is 15.8 Å². The van der Waals surface area contributed by atoms with Gasteiger partial charge in [0.25, 0.3) is 0 Å². The van der Waals surface area contributed by atoms with Crippen molar-refractivity contribution in [3.8, 4) is 0 Å². The normalized spacial score (nSPS) is 18.9. The first-order chi connectivity index (χ1) is 11.5. The van der Waals surface area contributed by atoms with Gasteiger partial charge in [0.1, 0.15) is 10.7 Å². The lowest BCUT2D eigenvalue weighted by Crippen LogP contribution is -2.31. The van der Waals surface area contributed by atoms with Crippen LogP contribution in [0.3, 0.4) is 0 Å². The number of sulfonamides is 1. The van der Waals surface area contributed by atoms with Gasteiger partial charge in [0.2, 0.25) is 10.0 Å². The SMILES string of the molecule is CCn1ncc(S(=O)(=O)N2CCCC2c2ccnc(NC)c2)c1C. The molecule has 24 heavy (non-hydrogen) atoms. The van der Waals surface area contributed by atoms with Crippen LogP contribution < -0.4 is 5.32 Å². The third-order valence-corrected chi connectivity index (χ3v) is 6.58. The van der Waals surface area contributed by atoms with E-state index < -0.39 is 10.0 Å². The number of hydrogen-bond acceptors (Lipinski definition) is 5. The Labute approximate surface area is 142 Å². The first kappa shape index (κ1) is 16.9. The maximum Gasteiger partial charge on any atom is 0.247 e. The molecule has 130 valence electrons. The Morgan fingerprint density at radius 2 is 2.21 bits per heavy atom. The van der Waals surface area contributed by atoms with E-state index in [2.05, 4.69) is 15.4 Å². The van der Waals surface area contributed by atoms with Gasteiger partial charge in [-0.3, -0.25) is 4.68 Å². The summed E-state index contributed by atoms with van der Waals surface area (Å²) in [4.78, 5) is 4.52. The van der Waals surface area contributed by atoms with Crippen molar-refractivity contribution in [2.75, 3.05) is 18.9 Å². The third-order valence-electron chi connectivity index (χ3n) is 4.57. The topological polar surface area (TPSA) is 80.1 Å². The largest absolute Gasteiger partial charge is 0.373 e. The summed E-state index contributed by atoms with van der Waals surface area (Å²) < 4.78 is 29.6. The second kappa shape index (κ2) is 6.52. The Balaban J connectivity index is 1.98. The molecule has 2 aromatic rings. The van der Waals surface area contributed by atoms with Crippen LogP contribution in [0.25, 0.3) is 0 Å². The van der Waals surface area contributed by atoms with E-state index in [0.717, 1.165) is 24.2 Å². The van der Waals surface area contributed by atoms with Crippen molar-refractivity contribution in [2.24, 2.45) is 0 Å². The number of nitrogens with zero attached hydrogens (tertiary/aromatic N) is 4. The summed E-state index contributed by atoms with van der Waals surface area (Å²) in [5.41, 5.74) is 1.66. The van der Waals surface area contributed by atoms with Crippen molar-refractivity contribution in [3.05, 3.63) is 35.8 Å². The molecule has 0 spiro atoms. The fraction of sp³-hybridized carbons (Fsp3) is 0.500. The van der Waals surface area contributed by atoms with Crippen molar-refractivity contribution in [2.45, 2.75) is 44.2 Å². The van der Waals surface area contributed by atoms with Gasteiger partial charge < -0.3 is 5.32 Å². The molecule has 0 amide bonds. The van der Waals surface area contributed by atoms with E-state index in [0.29, 0.717) is 23.7 Å². The first-order valence-corrected chi connectivity index (χ1v) is 9.61. The number of anilines is 1. The Bertz CT molecular complexity index is 831. The van der Waals surface area contributed by atoms with Crippen LogP contribution in [0, 0.1) is 6.92 Å². The van der Waals surface area contributed by atoms with Gasteiger partial charge in [-0.25, -0.2) is 13.4 Å². The molecule has 1 saturated heterocycles. The highest BCUT2D eigenvalue weighted by Gasteiger charge is 2.38. The number of aromatic nitrogens is 3. The van der Waals surface area contributed by atoms with Crippen LogP contribution in [-0.2, 0) is 16.6 Å². The van der Waals surface area contributed by atoms with Gasteiger partial charge in [-0.2, -0.15) is 9.40 Å². The summed E-state index contributed by atoms with van der Waals surface area (Å²) in [5, 5.41) is 7.19. The van der Waals surface area contributed by atoms with Crippen LogP contribution in [0.2, 0.25) is 0 Å². The minimum Gasteiger partial charge on any atom is -0.373 e. The molecule has 1 fully saturated rings. The lowest BCUT2D eigenvalue weighted by molar-refractivity contribution is 0.396. The average molecular weight is 349 g/mol. The molecule has 1 aliphatic rings. The molecule has 8 heteroatoms. The summed E-state index contributed by atoms with van der Waals surface area (Å²) in [6.07, 6.45) is 4.84. The first-order valence-electron chi connectivity index (χ1n) is 8.17. The molecular formula is C16H23N5O2S. The minimum atomic E-state index is -3.57. The minimum absolute atomic E-state index is 0.158. The fourth-order valence-electron chi connectivity index (χ4n) is 3.28. The Morgan fingerprint density at radius 1 is 1.42 bits per heavy atom. The Hall–Kier alpha value is -1.93. The molecule has 3 rings (SSSR count). The summed E-state index contributed by atoms with van der Waals surface area (Å²) in [6, 6.07) is 3.65. The van der Waals surface area contributed by atoms with Gasteiger partial charge in [0, 0.05) is 26.3 Å². The number of aryl methyl sites for hydroxylation is 1. The van der Waals surface area contributed by atoms with E-state index in [1.165, 1.54) is 6.20 Å². The fourth-order valence-corrected chi connectivity index (χ4v) is 5.12. The van der Waals surface area contributed by atoms with Gasteiger partial charge in [-0.05, 0) is 44.4 Å². The average Bonchev–Trinajstić information content (AvgIpc) is 3.22. The van der Waals surface area contributed by atoms with E-state index in [-0.39, 0.29) is 6.04 Å². The molecule has 0 aromatic carbocycles. The summed E-state index contributed by atoms with van der Waals surface area (Å²) in [7, 11) is -1.76. The van der Waals surface area contributed by atoms with Gasteiger partial charge in [0.05, 0.1) is 17.9 Å². The van der Waals surface area contributed by atoms with E-state index in [1.54, 1.807) is 29.2 Å². The van der Waals surface area contributed by atoms with Crippen molar-refractivity contribution in [3.63, 3.8) is 0 Å². The quantitative estimate of drug-likeness (QED) is 0.895. The van der Waals surface area contributed by atoms with Gasteiger partial charge in [-0.1, -0.05) is 0 Å². The zero-order valence-electron chi connectivity index (χ0n) is 14.2. The van der Waals surface area contributed by atoms with Gasteiger partial charge in [-0.15, -0.1) is 0 Å². The van der Waals surface area contributed by atoms with E-state index in [9.17, 15) is 8.42 Å². The highest BCUT2D eigenvalue weighted by molar-refractivity contribution is 7.89. The second-order valence-electron chi connectivity index (χ2n) is 5.91. The van der Waals surface area contributed by atoms with E-state index in [4.69, 9.17) is 0 Å². The van der Waals surface area contributed by atoms with Crippen molar-refractivity contribution in [1.82, 2.24) is 19.1 Å². The molecule has 1 atom stereocenters. The molecule has 7 nitrogen and oxygen atoms in total. The summed E-state index contributed by atoms with van der Waals surface area (Å²) >= 11 is 0. The lowest BCUT2D eigenvalue weighted by Gasteiger charge is -2.24. The Morgan fingerprint density at radius 3 is 2.88 bits per heavy atom. The van der Waals surface area contributed by atoms with Crippen LogP contribution >= 0.6 is 0 Å². The smallest absolute Gasteiger partial charge is 0.247 e. The van der Waals surface area contributed by atoms with Gasteiger partial charge >= 0.3 is 0 Å². The van der Waals surface area contributed by atoms with Crippen LogP contribution in [0.5, 0.6) is 0 Å². The molecule has 0 aliphatic carbocycles. The molecule has 0 bridgehead atoms. The summed E-state index contributed by atoms with van der Waals surface area (Å²) in [6.45, 7) is 4.94. The standard InChI is InChI=1S/C16H23N5O2S/c1-4-20-12(2)15(11-19-20)24(22,23)21-9-5-6-14(21)13-7-8-18-16(10-13)17-3/h7-8,10-11,14H,4-6,9H2,1-3H3,(H,17,18). The number of pyridine rings is 1.